The lowest BCUT2D eigenvalue weighted by molar-refractivity contribution is -0.116. The minimum atomic E-state index is -0.107. The lowest BCUT2D eigenvalue weighted by Crippen LogP contribution is -2.19. The van der Waals surface area contributed by atoms with Crippen molar-refractivity contribution in [1.82, 2.24) is 15.1 Å². The van der Waals surface area contributed by atoms with Gasteiger partial charge in [0.1, 0.15) is 0 Å². The molecule has 0 aliphatic heterocycles. The molecule has 0 aliphatic rings. The van der Waals surface area contributed by atoms with E-state index in [9.17, 15) is 4.79 Å². The van der Waals surface area contributed by atoms with Gasteiger partial charge < -0.3 is 5.32 Å². The van der Waals surface area contributed by atoms with Crippen LogP contribution in [0.2, 0.25) is 0 Å². The molecular formula is C17H19N3O. The van der Waals surface area contributed by atoms with E-state index in [0.29, 0.717) is 6.54 Å². The van der Waals surface area contributed by atoms with Crippen LogP contribution in [0.3, 0.4) is 0 Å². The smallest absolute Gasteiger partial charge is 0.244 e. The van der Waals surface area contributed by atoms with Crippen molar-refractivity contribution in [3.05, 3.63) is 78.2 Å². The van der Waals surface area contributed by atoms with Gasteiger partial charge in [0.2, 0.25) is 5.91 Å². The highest BCUT2D eigenvalue weighted by atomic mass is 16.1. The minimum Gasteiger partial charge on any atom is -0.348 e. The third-order valence-corrected chi connectivity index (χ3v) is 2.89. The third-order valence-electron chi connectivity index (χ3n) is 2.89. The van der Waals surface area contributed by atoms with Crippen molar-refractivity contribution < 1.29 is 4.79 Å². The van der Waals surface area contributed by atoms with Gasteiger partial charge in [0.05, 0.1) is 12.7 Å². The van der Waals surface area contributed by atoms with Crippen LogP contribution in [0.1, 0.15) is 18.1 Å². The van der Waals surface area contributed by atoms with E-state index in [0.717, 1.165) is 12.1 Å². The van der Waals surface area contributed by atoms with E-state index >= 15 is 0 Å². The molecule has 0 atom stereocenters. The summed E-state index contributed by atoms with van der Waals surface area (Å²) < 4.78 is 1.87. The summed E-state index contributed by atoms with van der Waals surface area (Å²) in [6.45, 7) is 3.12. The molecule has 0 saturated heterocycles. The topological polar surface area (TPSA) is 46.9 Å². The fraction of sp³-hybridized carbons (Fsp3) is 0.176. The predicted molar refractivity (Wildman–Crippen MR) is 83.6 cm³/mol. The molecule has 1 amide bonds. The maximum Gasteiger partial charge on any atom is 0.244 e. The van der Waals surface area contributed by atoms with Gasteiger partial charge in [0.15, 0.2) is 0 Å². The molecule has 2 aromatic rings. The van der Waals surface area contributed by atoms with Crippen LogP contribution in [-0.2, 0) is 17.9 Å². The summed E-state index contributed by atoms with van der Waals surface area (Å²) in [7, 11) is 0. The van der Waals surface area contributed by atoms with Crippen LogP contribution in [-0.4, -0.2) is 15.7 Å². The number of nitrogens with zero attached hydrogens (tertiary/aromatic N) is 2. The van der Waals surface area contributed by atoms with Gasteiger partial charge in [-0.25, -0.2) is 0 Å². The summed E-state index contributed by atoms with van der Waals surface area (Å²) in [6.07, 6.45) is 10.6. The zero-order chi connectivity index (χ0) is 14.9. The number of hydrogen-bond acceptors (Lipinski definition) is 2. The highest BCUT2D eigenvalue weighted by Crippen LogP contribution is 2.03. The molecule has 4 nitrogen and oxygen atoms in total. The van der Waals surface area contributed by atoms with Crippen molar-refractivity contribution >= 4 is 5.91 Å². The SMILES string of the molecule is C/C=C/C=C/C(=O)NCc1cnn(Cc2ccccc2)c1. The summed E-state index contributed by atoms with van der Waals surface area (Å²) >= 11 is 0. The molecule has 21 heavy (non-hydrogen) atoms. The number of carbonyl (C=O) groups excluding carboxylic acids is 1. The van der Waals surface area contributed by atoms with Crippen molar-refractivity contribution in [3.8, 4) is 0 Å². The largest absolute Gasteiger partial charge is 0.348 e. The van der Waals surface area contributed by atoms with Gasteiger partial charge in [-0.1, -0.05) is 48.6 Å². The van der Waals surface area contributed by atoms with Crippen LogP contribution >= 0.6 is 0 Å². The van der Waals surface area contributed by atoms with E-state index < -0.39 is 0 Å². The summed E-state index contributed by atoms with van der Waals surface area (Å²) in [5.41, 5.74) is 2.18. The second-order valence-corrected chi connectivity index (χ2v) is 4.63. The molecular weight excluding hydrogens is 262 g/mol. The van der Waals surface area contributed by atoms with Crippen LogP contribution in [0.4, 0.5) is 0 Å². The van der Waals surface area contributed by atoms with Crippen molar-refractivity contribution in [3.63, 3.8) is 0 Å². The van der Waals surface area contributed by atoms with Crippen LogP contribution in [0.15, 0.2) is 67.0 Å². The Morgan fingerprint density at radius 1 is 1.24 bits per heavy atom. The van der Waals surface area contributed by atoms with E-state index in [1.807, 2.05) is 48.2 Å². The number of amides is 1. The summed E-state index contributed by atoms with van der Waals surface area (Å²) in [5, 5.41) is 7.12. The number of allylic oxidation sites excluding steroid dienone is 3. The molecule has 2 rings (SSSR count). The molecule has 4 heteroatoms. The second kappa shape index (κ2) is 7.85. The van der Waals surface area contributed by atoms with E-state index in [2.05, 4.69) is 22.5 Å². The predicted octanol–water partition coefficient (Wildman–Crippen LogP) is 2.68. The fourth-order valence-electron chi connectivity index (χ4n) is 1.86. The average Bonchev–Trinajstić information content (AvgIpc) is 2.94. The lowest BCUT2D eigenvalue weighted by atomic mass is 10.2. The summed E-state index contributed by atoms with van der Waals surface area (Å²) in [5.74, 6) is -0.107. The molecule has 0 bridgehead atoms. The van der Waals surface area contributed by atoms with Gasteiger partial charge in [-0.3, -0.25) is 9.48 Å². The van der Waals surface area contributed by atoms with Gasteiger partial charge in [-0.2, -0.15) is 5.10 Å². The number of aromatic nitrogens is 2. The Labute approximate surface area is 124 Å². The highest BCUT2D eigenvalue weighted by molar-refractivity contribution is 5.87. The van der Waals surface area contributed by atoms with Crippen molar-refractivity contribution in [2.45, 2.75) is 20.0 Å². The number of benzene rings is 1. The van der Waals surface area contributed by atoms with E-state index in [1.165, 1.54) is 11.6 Å². The standard InChI is InChI=1S/C17H19N3O/c1-2-3-5-10-17(21)18-11-16-12-19-20(14-16)13-15-8-6-4-7-9-15/h2-10,12,14H,11,13H2,1H3,(H,18,21)/b3-2+,10-5+. The molecule has 1 heterocycles. The molecule has 0 saturated carbocycles. The first-order valence-corrected chi connectivity index (χ1v) is 6.90. The first kappa shape index (κ1) is 14.8. The molecule has 0 radical (unpaired) electrons. The molecule has 1 N–H and O–H groups in total. The van der Waals surface area contributed by atoms with Gasteiger partial charge >= 0.3 is 0 Å². The molecule has 1 aromatic carbocycles. The molecule has 0 spiro atoms. The van der Waals surface area contributed by atoms with Gasteiger partial charge in [-0.15, -0.1) is 0 Å². The van der Waals surface area contributed by atoms with Gasteiger partial charge in [0, 0.05) is 24.4 Å². The third kappa shape index (κ3) is 5.10. The Hall–Kier alpha value is -2.62. The van der Waals surface area contributed by atoms with Crippen LogP contribution in [0.25, 0.3) is 0 Å². The van der Waals surface area contributed by atoms with E-state index in [1.54, 1.807) is 12.3 Å². The Bertz CT molecular complexity index is 626. The summed E-state index contributed by atoms with van der Waals surface area (Å²) in [6, 6.07) is 10.1. The Balaban J connectivity index is 1.84. The van der Waals surface area contributed by atoms with Crippen LogP contribution in [0, 0.1) is 0 Å². The first-order chi connectivity index (χ1) is 10.3. The van der Waals surface area contributed by atoms with Crippen LogP contribution < -0.4 is 5.32 Å². The quantitative estimate of drug-likeness (QED) is 0.653. The molecule has 0 unspecified atom stereocenters. The first-order valence-electron chi connectivity index (χ1n) is 6.90. The zero-order valence-electron chi connectivity index (χ0n) is 12.1. The Morgan fingerprint density at radius 2 is 2.05 bits per heavy atom. The normalized spacial score (nSPS) is 11.3. The van der Waals surface area contributed by atoms with Gasteiger partial charge in [0.25, 0.3) is 0 Å². The molecule has 0 aliphatic carbocycles. The zero-order valence-corrected chi connectivity index (χ0v) is 12.1. The number of nitrogens with one attached hydrogen (secondary N) is 1. The van der Waals surface area contributed by atoms with E-state index in [-0.39, 0.29) is 5.91 Å². The Kier molecular flexibility index (Phi) is 5.52. The maximum absolute atomic E-state index is 11.5. The maximum atomic E-state index is 11.5. The monoisotopic (exact) mass is 281 g/mol. The minimum absolute atomic E-state index is 0.107. The molecule has 1 aromatic heterocycles. The Morgan fingerprint density at radius 3 is 2.81 bits per heavy atom. The van der Waals surface area contributed by atoms with Crippen molar-refractivity contribution in [1.29, 1.82) is 0 Å². The molecule has 108 valence electrons. The second-order valence-electron chi connectivity index (χ2n) is 4.63. The highest BCUT2D eigenvalue weighted by Gasteiger charge is 2.01. The number of carbonyl (C=O) groups is 1. The van der Waals surface area contributed by atoms with Crippen molar-refractivity contribution in [2.24, 2.45) is 0 Å². The number of hydrogen-bond donors (Lipinski definition) is 1. The average molecular weight is 281 g/mol. The summed E-state index contributed by atoms with van der Waals surface area (Å²) in [4.78, 5) is 11.5. The van der Waals surface area contributed by atoms with E-state index in [4.69, 9.17) is 0 Å². The molecule has 0 fully saturated rings. The lowest BCUT2D eigenvalue weighted by Gasteiger charge is -2.01. The fourth-order valence-corrected chi connectivity index (χ4v) is 1.86. The van der Waals surface area contributed by atoms with Crippen molar-refractivity contribution in [2.75, 3.05) is 0 Å². The van der Waals surface area contributed by atoms with Crippen LogP contribution in [0.5, 0.6) is 0 Å². The van der Waals surface area contributed by atoms with Gasteiger partial charge in [-0.05, 0) is 12.5 Å². The number of rotatable bonds is 6.